The van der Waals surface area contributed by atoms with E-state index in [0.29, 0.717) is 11.8 Å². The van der Waals surface area contributed by atoms with Crippen molar-refractivity contribution >= 4 is 22.8 Å². The summed E-state index contributed by atoms with van der Waals surface area (Å²) in [6, 6.07) is 3.52. The monoisotopic (exact) mass is 290 g/mol. The number of nitro groups is 2. The number of rotatable bonds is 4. The molecular weight excluding hydrogens is 276 g/mol. The predicted molar refractivity (Wildman–Crippen MR) is 76.3 cm³/mol. The van der Waals surface area contributed by atoms with Gasteiger partial charge in [0.05, 0.1) is 15.9 Å². The zero-order valence-electron chi connectivity index (χ0n) is 11.2. The lowest BCUT2D eigenvalue weighted by Gasteiger charge is -2.06. The second-order valence-electron chi connectivity index (χ2n) is 5.41. The first kappa shape index (κ1) is 13.5. The van der Waals surface area contributed by atoms with Crippen molar-refractivity contribution in [3.63, 3.8) is 0 Å². The highest BCUT2D eigenvalue weighted by molar-refractivity contribution is 5.93. The number of fused-ring (bicyclic) bond motifs is 2. The first-order valence-electron chi connectivity index (χ1n) is 6.82. The quantitative estimate of drug-likeness (QED) is 0.676. The van der Waals surface area contributed by atoms with Gasteiger partial charge in [-0.15, -0.1) is 0 Å². The molecule has 0 unspecified atom stereocenters. The van der Waals surface area contributed by atoms with Gasteiger partial charge in [-0.05, 0) is 43.6 Å². The number of anilines is 1. The smallest absolute Gasteiger partial charge is 0.272 e. The van der Waals surface area contributed by atoms with Crippen LogP contribution < -0.4 is 5.43 Å². The molecule has 2 aliphatic carbocycles. The van der Waals surface area contributed by atoms with E-state index in [4.69, 9.17) is 0 Å². The fourth-order valence-corrected chi connectivity index (χ4v) is 3.20. The van der Waals surface area contributed by atoms with E-state index < -0.39 is 9.85 Å². The van der Waals surface area contributed by atoms with Crippen molar-refractivity contribution < 1.29 is 9.85 Å². The number of hydrogen-bond acceptors (Lipinski definition) is 6. The van der Waals surface area contributed by atoms with Gasteiger partial charge in [-0.2, -0.15) is 5.10 Å². The molecule has 0 radical (unpaired) electrons. The molecule has 8 nitrogen and oxygen atoms in total. The van der Waals surface area contributed by atoms with E-state index >= 15 is 0 Å². The Kier molecular flexibility index (Phi) is 3.28. The fourth-order valence-electron chi connectivity index (χ4n) is 3.20. The van der Waals surface area contributed by atoms with E-state index in [1.165, 1.54) is 12.1 Å². The van der Waals surface area contributed by atoms with E-state index in [1.807, 2.05) is 0 Å². The molecule has 1 aromatic rings. The number of benzene rings is 1. The molecule has 0 atom stereocenters. The molecule has 1 N–H and O–H groups in total. The van der Waals surface area contributed by atoms with Gasteiger partial charge in [-0.25, -0.2) is 0 Å². The third-order valence-electron chi connectivity index (χ3n) is 4.26. The van der Waals surface area contributed by atoms with Crippen LogP contribution in [0.5, 0.6) is 0 Å². The van der Waals surface area contributed by atoms with E-state index in [9.17, 15) is 20.2 Å². The van der Waals surface area contributed by atoms with Gasteiger partial charge in [0.15, 0.2) is 0 Å². The topological polar surface area (TPSA) is 111 Å². The molecule has 8 heteroatoms. The molecule has 21 heavy (non-hydrogen) atoms. The van der Waals surface area contributed by atoms with E-state index in [0.717, 1.165) is 37.5 Å². The van der Waals surface area contributed by atoms with Crippen LogP contribution in [0.2, 0.25) is 0 Å². The summed E-state index contributed by atoms with van der Waals surface area (Å²) < 4.78 is 0. The Hall–Kier alpha value is -2.51. The van der Waals surface area contributed by atoms with Gasteiger partial charge in [-0.1, -0.05) is 0 Å². The Balaban J connectivity index is 1.87. The molecule has 110 valence electrons. The van der Waals surface area contributed by atoms with Gasteiger partial charge in [0.25, 0.3) is 5.69 Å². The second kappa shape index (κ2) is 5.12. The van der Waals surface area contributed by atoms with Crippen LogP contribution >= 0.6 is 0 Å². The molecule has 0 aromatic heterocycles. The third kappa shape index (κ3) is 2.44. The Morgan fingerprint density at radius 3 is 2.19 bits per heavy atom. The molecule has 0 saturated heterocycles. The van der Waals surface area contributed by atoms with Crippen molar-refractivity contribution in [3.8, 4) is 0 Å². The molecule has 0 amide bonds. The highest BCUT2D eigenvalue weighted by Gasteiger charge is 2.38. The number of nitrogens with one attached hydrogen (secondary N) is 1. The van der Waals surface area contributed by atoms with Crippen molar-refractivity contribution in [1.82, 2.24) is 0 Å². The molecule has 2 saturated carbocycles. The van der Waals surface area contributed by atoms with Gasteiger partial charge in [-0.3, -0.25) is 25.7 Å². The maximum atomic E-state index is 11.0. The van der Waals surface area contributed by atoms with E-state index in [1.54, 1.807) is 0 Å². The first-order chi connectivity index (χ1) is 10.1. The summed E-state index contributed by atoms with van der Waals surface area (Å²) in [5.41, 5.74) is 3.36. The molecule has 1 aromatic carbocycles. The molecule has 0 heterocycles. The number of nitrogens with zero attached hydrogens (tertiary/aromatic N) is 3. The Bertz CT molecular complexity index is 621. The fraction of sp³-hybridized carbons (Fsp3) is 0.462. The molecule has 2 fully saturated rings. The van der Waals surface area contributed by atoms with Crippen molar-refractivity contribution in [2.45, 2.75) is 25.7 Å². The summed E-state index contributed by atoms with van der Waals surface area (Å²) in [5.74, 6) is 0.971. The lowest BCUT2D eigenvalue weighted by atomic mass is 10.0. The van der Waals surface area contributed by atoms with Crippen molar-refractivity contribution in [2.75, 3.05) is 5.43 Å². The number of hydrazone groups is 1. The summed E-state index contributed by atoms with van der Waals surface area (Å²) in [7, 11) is 0. The van der Waals surface area contributed by atoms with Gasteiger partial charge in [0.2, 0.25) is 0 Å². The van der Waals surface area contributed by atoms with Crippen LogP contribution in [-0.2, 0) is 0 Å². The van der Waals surface area contributed by atoms with Crippen molar-refractivity contribution in [3.05, 3.63) is 38.4 Å². The highest BCUT2D eigenvalue weighted by atomic mass is 16.6. The summed E-state index contributed by atoms with van der Waals surface area (Å²) >= 11 is 0. The Labute approximate surface area is 120 Å². The van der Waals surface area contributed by atoms with E-state index in [2.05, 4.69) is 10.5 Å². The molecule has 2 bridgehead atoms. The Morgan fingerprint density at radius 1 is 1.05 bits per heavy atom. The zero-order valence-corrected chi connectivity index (χ0v) is 11.2. The first-order valence-corrected chi connectivity index (χ1v) is 6.82. The summed E-state index contributed by atoms with van der Waals surface area (Å²) in [4.78, 5) is 20.4. The predicted octanol–water partition coefficient (Wildman–Crippen LogP) is 3.09. The maximum absolute atomic E-state index is 11.0. The SMILES string of the molecule is O=[N+]([O-])c1ccc(NN=C2C3CCC2CC3)c([N+](=O)[O-])c1. The standard InChI is InChI=1S/C13H14N4O4/c18-16(19)10-5-6-11(12(7-10)17(20)21)14-15-13-8-1-2-9(13)4-3-8/h5-9,14H,1-4H2. The summed E-state index contributed by atoms with van der Waals surface area (Å²) in [5, 5.41) is 26.0. The molecule has 0 spiro atoms. The third-order valence-corrected chi connectivity index (χ3v) is 4.26. The lowest BCUT2D eigenvalue weighted by molar-refractivity contribution is -0.393. The minimum atomic E-state index is -0.653. The van der Waals surface area contributed by atoms with Gasteiger partial charge >= 0.3 is 5.69 Å². The largest absolute Gasteiger partial charge is 0.301 e. The molecule has 0 aliphatic heterocycles. The van der Waals surface area contributed by atoms with Gasteiger partial charge < -0.3 is 0 Å². The minimum absolute atomic E-state index is 0.185. The molecular formula is C13H14N4O4. The van der Waals surface area contributed by atoms with E-state index in [-0.39, 0.29) is 17.1 Å². The van der Waals surface area contributed by atoms with Crippen LogP contribution in [0.25, 0.3) is 0 Å². The minimum Gasteiger partial charge on any atom is -0.272 e. The maximum Gasteiger partial charge on any atom is 0.301 e. The number of nitro benzene ring substituents is 2. The van der Waals surface area contributed by atoms with Crippen molar-refractivity contribution in [2.24, 2.45) is 16.9 Å². The molecule has 3 rings (SSSR count). The number of non-ortho nitro benzene ring substituents is 1. The van der Waals surface area contributed by atoms with Crippen LogP contribution in [0.4, 0.5) is 17.1 Å². The number of hydrogen-bond donors (Lipinski definition) is 1. The lowest BCUT2D eigenvalue weighted by Crippen LogP contribution is -2.08. The summed E-state index contributed by atoms with van der Waals surface area (Å²) in [6.45, 7) is 0. The Morgan fingerprint density at radius 2 is 1.67 bits per heavy atom. The normalized spacial score (nSPS) is 23.1. The van der Waals surface area contributed by atoms with Gasteiger partial charge in [0.1, 0.15) is 5.69 Å². The second-order valence-corrected chi connectivity index (χ2v) is 5.41. The zero-order chi connectivity index (χ0) is 15.0. The molecule has 2 aliphatic rings. The van der Waals surface area contributed by atoms with Crippen LogP contribution in [0.1, 0.15) is 25.7 Å². The average Bonchev–Trinajstić information content (AvgIpc) is 3.04. The highest BCUT2D eigenvalue weighted by Crippen LogP contribution is 2.42. The van der Waals surface area contributed by atoms with Crippen LogP contribution in [0, 0.1) is 32.1 Å². The van der Waals surface area contributed by atoms with Gasteiger partial charge in [0, 0.05) is 11.8 Å². The summed E-state index contributed by atoms with van der Waals surface area (Å²) in [6.07, 6.45) is 4.53. The van der Waals surface area contributed by atoms with Crippen molar-refractivity contribution in [1.29, 1.82) is 0 Å². The van der Waals surface area contributed by atoms with Crippen LogP contribution in [0.3, 0.4) is 0 Å². The van der Waals surface area contributed by atoms with Crippen LogP contribution in [-0.4, -0.2) is 15.6 Å². The van der Waals surface area contributed by atoms with Crippen LogP contribution in [0.15, 0.2) is 23.3 Å². The average molecular weight is 290 g/mol.